The first-order chi connectivity index (χ1) is 7.61. The van der Waals surface area contributed by atoms with Crippen molar-refractivity contribution in [2.75, 3.05) is 6.54 Å². The molecule has 1 nitrogen and oxygen atoms in total. The van der Waals surface area contributed by atoms with E-state index in [9.17, 15) is 0 Å². The van der Waals surface area contributed by atoms with Gasteiger partial charge in [-0.25, -0.2) is 0 Å². The summed E-state index contributed by atoms with van der Waals surface area (Å²) in [5.41, 5.74) is 1.34. The van der Waals surface area contributed by atoms with Crippen molar-refractivity contribution in [3.05, 3.63) is 29.8 Å². The van der Waals surface area contributed by atoms with Crippen LogP contribution in [0.4, 0.5) is 0 Å². The molecule has 2 heteroatoms. The maximum atomic E-state index is 3.46. The Morgan fingerprint density at radius 3 is 2.69 bits per heavy atom. The van der Waals surface area contributed by atoms with Gasteiger partial charge < -0.3 is 5.32 Å². The van der Waals surface area contributed by atoms with Crippen LogP contribution in [0, 0.1) is 6.92 Å². The highest BCUT2D eigenvalue weighted by Gasteiger charge is 2.09. The highest BCUT2D eigenvalue weighted by molar-refractivity contribution is 7.99. The Hall–Kier alpha value is -0.470. The van der Waals surface area contributed by atoms with E-state index in [2.05, 4.69) is 57.3 Å². The lowest BCUT2D eigenvalue weighted by atomic mass is 10.2. The number of nitrogens with one attached hydrogen (secondary N) is 1. The SMILES string of the molecule is CCNC(C)CC(C)Sc1cccc(C)c1. The molecule has 0 spiro atoms. The summed E-state index contributed by atoms with van der Waals surface area (Å²) < 4.78 is 0. The molecule has 0 amide bonds. The lowest BCUT2D eigenvalue weighted by Crippen LogP contribution is -2.28. The average molecular weight is 237 g/mol. The number of rotatable bonds is 6. The van der Waals surface area contributed by atoms with Crippen LogP contribution in [0.2, 0.25) is 0 Å². The van der Waals surface area contributed by atoms with Crippen LogP contribution in [0.25, 0.3) is 0 Å². The van der Waals surface area contributed by atoms with E-state index in [0.717, 1.165) is 6.54 Å². The number of hydrogen-bond acceptors (Lipinski definition) is 2. The molecule has 0 aliphatic carbocycles. The van der Waals surface area contributed by atoms with Crippen molar-refractivity contribution in [3.63, 3.8) is 0 Å². The summed E-state index contributed by atoms with van der Waals surface area (Å²) in [7, 11) is 0. The molecule has 0 saturated heterocycles. The molecule has 1 aromatic carbocycles. The number of benzene rings is 1. The molecule has 0 saturated carbocycles. The van der Waals surface area contributed by atoms with Gasteiger partial charge in [0, 0.05) is 16.2 Å². The molecular formula is C14H23NS. The molecule has 0 bridgehead atoms. The van der Waals surface area contributed by atoms with E-state index in [-0.39, 0.29) is 0 Å². The van der Waals surface area contributed by atoms with E-state index >= 15 is 0 Å². The van der Waals surface area contributed by atoms with Gasteiger partial charge in [0.05, 0.1) is 0 Å². The van der Waals surface area contributed by atoms with Crippen LogP contribution >= 0.6 is 11.8 Å². The molecule has 0 aliphatic heterocycles. The second-order valence-corrected chi connectivity index (χ2v) is 5.95. The van der Waals surface area contributed by atoms with E-state index in [1.807, 2.05) is 11.8 Å². The van der Waals surface area contributed by atoms with Gasteiger partial charge in [-0.15, -0.1) is 11.8 Å². The summed E-state index contributed by atoms with van der Waals surface area (Å²) in [5, 5.41) is 4.12. The van der Waals surface area contributed by atoms with Crippen LogP contribution in [0.1, 0.15) is 32.8 Å². The normalized spacial score (nSPS) is 14.8. The van der Waals surface area contributed by atoms with Crippen LogP contribution in [0.3, 0.4) is 0 Å². The highest BCUT2D eigenvalue weighted by Crippen LogP contribution is 2.26. The molecule has 0 aromatic heterocycles. The largest absolute Gasteiger partial charge is 0.314 e. The first-order valence-corrected chi connectivity index (χ1v) is 6.96. The van der Waals surface area contributed by atoms with Gasteiger partial charge in [-0.2, -0.15) is 0 Å². The van der Waals surface area contributed by atoms with Gasteiger partial charge in [-0.3, -0.25) is 0 Å². The van der Waals surface area contributed by atoms with Crippen LogP contribution in [-0.2, 0) is 0 Å². The first-order valence-electron chi connectivity index (χ1n) is 6.08. The minimum absolute atomic E-state index is 0.609. The van der Waals surface area contributed by atoms with Crippen LogP contribution < -0.4 is 5.32 Å². The second-order valence-electron chi connectivity index (χ2n) is 4.44. The van der Waals surface area contributed by atoms with Gasteiger partial charge >= 0.3 is 0 Å². The van der Waals surface area contributed by atoms with Gasteiger partial charge in [-0.05, 0) is 38.9 Å². The maximum Gasteiger partial charge on any atom is 0.00807 e. The van der Waals surface area contributed by atoms with E-state index in [0.29, 0.717) is 11.3 Å². The molecule has 1 N–H and O–H groups in total. The fourth-order valence-electron chi connectivity index (χ4n) is 1.90. The Kier molecular flexibility index (Phi) is 5.93. The van der Waals surface area contributed by atoms with Gasteiger partial charge in [0.25, 0.3) is 0 Å². The Bertz CT molecular complexity index is 311. The maximum absolute atomic E-state index is 3.46. The third-order valence-electron chi connectivity index (χ3n) is 2.56. The summed E-state index contributed by atoms with van der Waals surface area (Å²) in [6.45, 7) is 9.94. The molecule has 16 heavy (non-hydrogen) atoms. The molecule has 0 heterocycles. The lowest BCUT2D eigenvalue weighted by molar-refractivity contribution is 0.530. The second kappa shape index (κ2) is 6.97. The predicted octanol–water partition coefficient (Wildman–Crippen LogP) is 3.86. The summed E-state index contributed by atoms with van der Waals surface area (Å²) in [6.07, 6.45) is 1.21. The minimum Gasteiger partial charge on any atom is -0.314 e. The van der Waals surface area contributed by atoms with Gasteiger partial charge in [0.2, 0.25) is 0 Å². The van der Waals surface area contributed by atoms with Crippen molar-refractivity contribution in [2.45, 2.75) is 50.3 Å². The topological polar surface area (TPSA) is 12.0 Å². The fourth-order valence-corrected chi connectivity index (χ4v) is 3.16. The number of aryl methyl sites for hydroxylation is 1. The van der Waals surface area contributed by atoms with Crippen molar-refractivity contribution in [3.8, 4) is 0 Å². The molecule has 0 radical (unpaired) electrons. The van der Waals surface area contributed by atoms with Crippen molar-refractivity contribution in [2.24, 2.45) is 0 Å². The number of hydrogen-bond donors (Lipinski definition) is 1. The van der Waals surface area contributed by atoms with Crippen molar-refractivity contribution >= 4 is 11.8 Å². The average Bonchev–Trinajstić information content (AvgIpc) is 2.17. The molecule has 0 aliphatic rings. The van der Waals surface area contributed by atoms with Gasteiger partial charge in [0.15, 0.2) is 0 Å². The standard InChI is InChI=1S/C14H23NS/c1-5-15-12(3)10-13(4)16-14-8-6-7-11(2)9-14/h6-9,12-13,15H,5,10H2,1-4H3. The van der Waals surface area contributed by atoms with Crippen LogP contribution in [-0.4, -0.2) is 17.8 Å². The van der Waals surface area contributed by atoms with Crippen LogP contribution in [0.5, 0.6) is 0 Å². The summed E-state index contributed by atoms with van der Waals surface area (Å²) >= 11 is 1.97. The summed E-state index contributed by atoms with van der Waals surface area (Å²) in [5.74, 6) is 0. The Balaban J connectivity index is 2.42. The number of thioether (sulfide) groups is 1. The third-order valence-corrected chi connectivity index (χ3v) is 3.69. The molecule has 0 fully saturated rings. The summed E-state index contributed by atoms with van der Waals surface area (Å²) in [6, 6.07) is 9.36. The quantitative estimate of drug-likeness (QED) is 0.754. The Labute approximate surface area is 104 Å². The minimum atomic E-state index is 0.609. The van der Waals surface area contributed by atoms with Crippen molar-refractivity contribution in [1.82, 2.24) is 5.32 Å². The zero-order valence-electron chi connectivity index (χ0n) is 10.8. The van der Waals surface area contributed by atoms with E-state index in [1.165, 1.54) is 16.9 Å². The van der Waals surface area contributed by atoms with Crippen molar-refractivity contribution < 1.29 is 0 Å². The van der Waals surface area contributed by atoms with Crippen molar-refractivity contribution in [1.29, 1.82) is 0 Å². The van der Waals surface area contributed by atoms with E-state index in [1.54, 1.807) is 0 Å². The lowest BCUT2D eigenvalue weighted by Gasteiger charge is -2.17. The summed E-state index contributed by atoms with van der Waals surface area (Å²) in [4.78, 5) is 1.39. The smallest absolute Gasteiger partial charge is 0.00807 e. The van der Waals surface area contributed by atoms with Crippen LogP contribution in [0.15, 0.2) is 29.2 Å². The molecule has 90 valence electrons. The first kappa shape index (κ1) is 13.6. The highest BCUT2D eigenvalue weighted by atomic mass is 32.2. The molecule has 2 unspecified atom stereocenters. The van der Waals surface area contributed by atoms with Gasteiger partial charge in [-0.1, -0.05) is 31.5 Å². The third kappa shape index (κ3) is 5.04. The molecular weight excluding hydrogens is 214 g/mol. The van der Waals surface area contributed by atoms with E-state index < -0.39 is 0 Å². The predicted molar refractivity (Wildman–Crippen MR) is 74.3 cm³/mol. The molecule has 1 rings (SSSR count). The Morgan fingerprint density at radius 1 is 1.31 bits per heavy atom. The monoisotopic (exact) mass is 237 g/mol. The molecule has 1 aromatic rings. The van der Waals surface area contributed by atoms with E-state index in [4.69, 9.17) is 0 Å². The molecule has 2 atom stereocenters. The Morgan fingerprint density at radius 2 is 2.06 bits per heavy atom. The zero-order chi connectivity index (χ0) is 12.0. The fraction of sp³-hybridized carbons (Fsp3) is 0.571. The van der Waals surface area contributed by atoms with Gasteiger partial charge in [0.1, 0.15) is 0 Å². The zero-order valence-corrected chi connectivity index (χ0v) is 11.6.